The lowest BCUT2D eigenvalue weighted by atomic mass is 9.93. The smallest absolute Gasteiger partial charge is 0.257 e. The zero-order chi connectivity index (χ0) is 12.6. The Bertz CT molecular complexity index is 296. The Balaban J connectivity index is 2.19. The molecule has 1 aliphatic carbocycles. The molecule has 1 saturated carbocycles. The molecule has 1 amide bonds. The van der Waals surface area contributed by atoms with Gasteiger partial charge in [0.1, 0.15) is 5.60 Å². The fraction of sp³-hybridized carbons (Fsp3) is 0.923. The lowest BCUT2D eigenvalue weighted by Crippen LogP contribution is -2.49. The van der Waals surface area contributed by atoms with E-state index in [0.717, 1.165) is 12.8 Å². The van der Waals surface area contributed by atoms with Crippen LogP contribution in [0.3, 0.4) is 0 Å². The van der Waals surface area contributed by atoms with Crippen molar-refractivity contribution in [1.29, 1.82) is 0 Å². The Morgan fingerprint density at radius 2 is 1.82 bits per heavy atom. The third-order valence-corrected chi connectivity index (χ3v) is 3.80. The standard InChI is InChI=1S/C13H24N2O2/c1-13(2)11(16)15(12(17-13)14(3)4)10-8-6-5-7-9-10/h10,12H,5-9H2,1-4H3. The van der Waals surface area contributed by atoms with Crippen molar-refractivity contribution in [1.82, 2.24) is 9.80 Å². The van der Waals surface area contributed by atoms with Crippen LogP contribution in [-0.2, 0) is 9.53 Å². The van der Waals surface area contributed by atoms with E-state index in [0.29, 0.717) is 6.04 Å². The van der Waals surface area contributed by atoms with Crippen molar-refractivity contribution in [2.75, 3.05) is 14.1 Å². The SMILES string of the molecule is CN(C)C1OC(C)(C)C(=O)N1C1CCCCC1. The zero-order valence-corrected chi connectivity index (χ0v) is 11.4. The van der Waals surface area contributed by atoms with E-state index in [1.165, 1.54) is 19.3 Å². The van der Waals surface area contributed by atoms with Gasteiger partial charge >= 0.3 is 0 Å². The summed E-state index contributed by atoms with van der Waals surface area (Å²) >= 11 is 0. The predicted molar refractivity (Wildman–Crippen MR) is 66.4 cm³/mol. The molecule has 0 aromatic carbocycles. The highest BCUT2D eigenvalue weighted by Gasteiger charge is 2.49. The number of rotatable bonds is 2. The van der Waals surface area contributed by atoms with Gasteiger partial charge in [-0.3, -0.25) is 14.6 Å². The Morgan fingerprint density at radius 1 is 1.24 bits per heavy atom. The second-order valence-corrected chi connectivity index (χ2v) is 5.92. The minimum Gasteiger partial charge on any atom is -0.329 e. The first-order valence-electron chi connectivity index (χ1n) is 6.60. The molecule has 98 valence electrons. The van der Waals surface area contributed by atoms with Crippen LogP contribution in [0.4, 0.5) is 0 Å². The van der Waals surface area contributed by atoms with Crippen molar-refractivity contribution >= 4 is 5.91 Å². The highest BCUT2D eigenvalue weighted by atomic mass is 16.6. The van der Waals surface area contributed by atoms with E-state index in [1.54, 1.807) is 0 Å². The molecule has 1 saturated heterocycles. The van der Waals surface area contributed by atoms with Crippen LogP contribution in [0.25, 0.3) is 0 Å². The summed E-state index contributed by atoms with van der Waals surface area (Å²) in [6, 6.07) is 0.366. The highest BCUT2D eigenvalue weighted by molar-refractivity contribution is 5.86. The van der Waals surface area contributed by atoms with Gasteiger partial charge in [0, 0.05) is 6.04 Å². The van der Waals surface area contributed by atoms with E-state index in [4.69, 9.17) is 4.74 Å². The van der Waals surface area contributed by atoms with Crippen LogP contribution in [0.5, 0.6) is 0 Å². The van der Waals surface area contributed by atoms with Crippen LogP contribution in [0.2, 0.25) is 0 Å². The monoisotopic (exact) mass is 240 g/mol. The predicted octanol–water partition coefficient (Wildman–Crippen LogP) is 1.80. The topological polar surface area (TPSA) is 32.8 Å². The number of amides is 1. The summed E-state index contributed by atoms with van der Waals surface area (Å²) in [4.78, 5) is 16.4. The summed E-state index contributed by atoms with van der Waals surface area (Å²) in [5.74, 6) is 0.142. The molecule has 1 unspecified atom stereocenters. The first-order chi connectivity index (χ1) is 7.93. The molecular formula is C13H24N2O2. The Hall–Kier alpha value is -0.610. The van der Waals surface area contributed by atoms with E-state index < -0.39 is 5.60 Å². The zero-order valence-electron chi connectivity index (χ0n) is 11.4. The second kappa shape index (κ2) is 4.58. The van der Waals surface area contributed by atoms with Crippen molar-refractivity contribution in [3.8, 4) is 0 Å². The second-order valence-electron chi connectivity index (χ2n) is 5.92. The normalized spacial score (nSPS) is 30.3. The maximum absolute atomic E-state index is 12.4. The van der Waals surface area contributed by atoms with E-state index in [-0.39, 0.29) is 12.3 Å². The maximum atomic E-state index is 12.4. The average molecular weight is 240 g/mol. The number of hydrogen-bond acceptors (Lipinski definition) is 3. The largest absolute Gasteiger partial charge is 0.329 e. The molecular weight excluding hydrogens is 216 g/mol. The minimum absolute atomic E-state index is 0.142. The molecule has 2 rings (SSSR count). The fourth-order valence-electron chi connectivity index (χ4n) is 2.84. The van der Waals surface area contributed by atoms with Gasteiger partial charge in [-0.05, 0) is 40.8 Å². The lowest BCUT2D eigenvalue weighted by molar-refractivity contribution is -0.137. The van der Waals surface area contributed by atoms with Crippen molar-refractivity contribution < 1.29 is 9.53 Å². The van der Waals surface area contributed by atoms with Crippen LogP contribution in [0.1, 0.15) is 46.0 Å². The van der Waals surface area contributed by atoms with E-state index >= 15 is 0 Å². The Morgan fingerprint density at radius 3 is 2.35 bits per heavy atom. The summed E-state index contributed by atoms with van der Waals surface area (Å²) in [6.07, 6.45) is 5.81. The van der Waals surface area contributed by atoms with Gasteiger partial charge in [0.05, 0.1) is 0 Å². The molecule has 1 atom stereocenters. The van der Waals surface area contributed by atoms with Crippen LogP contribution < -0.4 is 0 Å². The third-order valence-electron chi connectivity index (χ3n) is 3.80. The summed E-state index contributed by atoms with van der Waals surface area (Å²) in [6.45, 7) is 3.74. The van der Waals surface area contributed by atoms with Gasteiger partial charge in [-0.2, -0.15) is 0 Å². The molecule has 2 aliphatic rings. The van der Waals surface area contributed by atoms with Crippen molar-refractivity contribution in [3.63, 3.8) is 0 Å². The molecule has 0 spiro atoms. The van der Waals surface area contributed by atoms with Crippen LogP contribution in [-0.4, -0.2) is 47.8 Å². The van der Waals surface area contributed by atoms with Crippen molar-refractivity contribution in [3.05, 3.63) is 0 Å². The Kier molecular flexibility index (Phi) is 3.46. The van der Waals surface area contributed by atoms with Gasteiger partial charge in [-0.25, -0.2) is 0 Å². The van der Waals surface area contributed by atoms with Gasteiger partial charge in [0.2, 0.25) is 0 Å². The van der Waals surface area contributed by atoms with Crippen LogP contribution in [0.15, 0.2) is 0 Å². The molecule has 1 aliphatic heterocycles. The molecule has 0 aromatic heterocycles. The first kappa shape index (κ1) is 12.8. The molecule has 0 radical (unpaired) electrons. The molecule has 0 aromatic rings. The van der Waals surface area contributed by atoms with Gasteiger partial charge in [0.25, 0.3) is 5.91 Å². The number of nitrogens with zero attached hydrogens (tertiary/aromatic N) is 2. The third kappa shape index (κ3) is 2.33. The van der Waals surface area contributed by atoms with Gasteiger partial charge in [-0.15, -0.1) is 0 Å². The van der Waals surface area contributed by atoms with Gasteiger partial charge in [-0.1, -0.05) is 19.3 Å². The highest BCUT2D eigenvalue weighted by Crippen LogP contribution is 2.34. The summed E-state index contributed by atoms with van der Waals surface area (Å²) < 4.78 is 5.89. The summed E-state index contributed by atoms with van der Waals surface area (Å²) in [7, 11) is 3.93. The average Bonchev–Trinajstić information content (AvgIpc) is 2.52. The molecule has 17 heavy (non-hydrogen) atoms. The molecule has 2 fully saturated rings. The maximum Gasteiger partial charge on any atom is 0.257 e. The van der Waals surface area contributed by atoms with Crippen LogP contribution >= 0.6 is 0 Å². The number of ether oxygens (including phenoxy) is 1. The minimum atomic E-state index is -0.674. The van der Waals surface area contributed by atoms with E-state index in [1.807, 2.05) is 37.7 Å². The van der Waals surface area contributed by atoms with Gasteiger partial charge in [0.15, 0.2) is 6.35 Å². The lowest BCUT2D eigenvalue weighted by Gasteiger charge is -2.36. The molecule has 1 heterocycles. The fourth-order valence-corrected chi connectivity index (χ4v) is 2.84. The van der Waals surface area contributed by atoms with Crippen molar-refractivity contribution in [2.24, 2.45) is 0 Å². The molecule has 4 heteroatoms. The molecule has 0 bridgehead atoms. The Labute approximate surface area is 104 Å². The number of carbonyl (C=O) groups excluding carboxylic acids is 1. The van der Waals surface area contributed by atoms with Gasteiger partial charge < -0.3 is 4.74 Å². The number of carbonyl (C=O) groups is 1. The van der Waals surface area contributed by atoms with Crippen LogP contribution in [0, 0.1) is 0 Å². The summed E-state index contributed by atoms with van der Waals surface area (Å²) in [5, 5.41) is 0. The summed E-state index contributed by atoms with van der Waals surface area (Å²) in [5.41, 5.74) is -0.674. The molecule has 4 nitrogen and oxygen atoms in total. The quantitative estimate of drug-likeness (QED) is 0.738. The van der Waals surface area contributed by atoms with E-state index in [9.17, 15) is 4.79 Å². The molecule has 0 N–H and O–H groups in total. The number of hydrogen-bond donors (Lipinski definition) is 0. The van der Waals surface area contributed by atoms with Crippen molar-refractivity contribution in [2.45, 2.75) is 63.9 Å². The first-order valence-corrected chi connectivity index (χ1v) is 6.60. The van der Waals surface area contributed by atoms with E-state index in [2.05, 4.69) is 0 Å².